The van der Waals surface area contributed by atoms with Crippen molar-refractivity contribution in [3.63, 3.8) is 0 Å². The molecule has 1 aliphatic rings. The molecule has 6 heteroatoms. The van der Waals surface area contributed by atoms with Gasteiger partial charge in [0.15, 0.2) is 5.96 Å². The van der Waals surface area contributed by atoms with Crippen LogP contribution in [0.2, 0.25) is 0 Å². The van der Waals surface area contributed by atoms with E-state index in [4.69, 9.17) is 9.73 Å². The highest BCUT2D eigenvalue weighted by atomic mass is 127. The lowest BCUT2D eigenvalue weighted by molar-refractivity contribution is 0.185. The lowest BCUT2D eigenvalue weighted by atomic mass is 9.99. The van der Waals surface area contributed by atoms with Crippen LogP contribution in [0.5, 0.6) is 0 Å². The van der Waals surface area contributed by atoms with Crippen molar-refractivity contribution >= 4 is 29.9 Å². The Morgan fingerprint density at radius 2 is 1.81 bits per heavy atom. The van der Waals surface area contributed by atoms with Crippen molar-refractivity contribution in [1.82, 2.24) is 15.5 Å². The Kier molecular flexibility index (Phi) is 12.7. The van der Waals surface area contributed by atoms with E-state index in [9.17, 15) is 0 Å². The summed E-state index contributed by atoms with van der Waals surface area (Å²) in [5.74, 6) is 1.81. The molecule has 1 aromatic carbocycles. The molecular formula is C21H37IN4O. The summed E-state index contributed by atoms with van der Waals surface area (Å²) < 4.78 is 5.15. The first-order valence-corrected chi connectivity index (χ1v) is 10.0. The third-order valence-electron chi connectivity index (χ3n) is 4.92. The van der Waals surface area contributed by atoms with Crippen molar-refractivity contribution in [3.8, 4) is 0 Å². The molecule has 1 saturated heterocycles. The van der Waals surface area contributed by atoms with Crippen molar-refractivity contribution in [2.24, 2.45) is 10.9 Å². The van der Waals surface area contributed by atoms with Crippen LogP contribution in [0.1, 0.15) is 44.2 Å². The number of guanidine groups is 1. The molecule has 1 aromatic rings. The van der Waals surface area contributed by atoms with Crippen LogP contribution < -0.4 is 10.6 Å². The van der Waals surface area contributed by atoms with Gasteiger partial charge < -0.3 is 20.3 Å². The van der Waals surface area contributed by atoms with Crippen LogP contribution in [0.4, 0.5) is 0 Å². The van der Waals surface area contributed by atoms with Crippen LogP contribution in [-0.4, -0.2) is 50.7 Å². The zero-order valence-electron chi connectivity index (χ0n) is 17.2. The van der Waals surface area contributed by atoms with Crippen LogP contribution in [0.25, 0.3) is 0 Å². The maximum Gasteiger partial charge on any atom is 0.191 e. The molecular weight excluding hydrogens is 451 g/mol. The molecule has 0 aromatic heterocycles. The third-order valence-corrected chi connectivity index (χ3v) is 4.92. The van der Waals surface area contributed by atoms with E-state index in [0.717, 1.165) is 31.4 Å². The number of aliphatic imine (C=N–C) groups is 1. The normalized spacial score (nSPS) is 16.0. The van der Waals surface area contributed by atoms with Gasteiger partial charge in [0.25, 0.3) is 0 Å². The summed E-state index contributed by atoms with van der Waals surface area (Å²) in [7, 11) is 1.72. The van der Waals surface area contributed by atoms with Gasteiger partial charge in [-0.05, 0) is 62.9 Å². The van der Waals surface area contributed by atoms with Crippen LogP contribution in [0.15, 0.2) is 29.3 Å². The zero-order valence-corrected chi connectivity index (χ0v) is 19.5. The van der Waals surface area contributed by atoms with E-state index in [1.807, 2.05) is 0 Å². The van der Waals surface area contributed by atoms with Gasteiger partial charge in [-0.1, -0.05) is 31.2 Å². The quantitative estimate of drug-likeness (QED) is 0.241. The number of hydrogen-bond acceptors (Lipinski definition) is 3. The molecule has 1 heterocycles. The topological polar surface area (TPSA) is 48.9 Å². The summed E-state index contributed by atoms with van der Waals surface area (Å²) in [4.78, 5) is 7.29. The number of nitrogens with one attached hydrogen (secondary N) is 2. The van der Waals surface area contributed by atoms with E-state index >= 15 is 0 Å². The number of likely N-dealkylation sites (tertiary alicyclic amines) is 1. The first-order valence-electron chi connectivity index (χ1n) is 10.0. The van der Waals surface area contributed by atoms with Gasteiger partial charge in [-0.3, -0.25) is 0 Å². The summed E-state index contributed by atoms with van der Waals surface area (Å²) >= 11 is 0. The Morgan fingerprint density at radius 1 is 1.15 bits per heavy atom. The monoisotopic (exact) mass is 488 g/mol. The highest BCUT2D eigenvalue weighted by Gasteiger charge is 2.14. The van der Waals surface area contributed by atoms with Gasteiger partial charge in [0, 0.05) is 20.2 Å². The molecule has 154 valence electrons. The van der Waals surface area contributed by atoms with Gasteiger partial charge in [0.1, 0.15) is 0 Å². The first kappa shape index (κ1) is 24.2. The number of methoxy groups -OCH3 is 1. The summed E-state index contributed by atoms with van der Waals surface area (Å²) in [5, 5.41) is 6.80. The largest absolute Gasteiger partial charge is 0.380 e. The van der Waals surface area contributed by atoms with Gasteiger partial charge in [-0.25, -0.2) is 4.99 Å². The molecule has 0 unspecified atom stereocenters. The number of halogens is 1. The van der Waals surface area contributed by atoms with Crippen LogP contribution in [0, 0.1) is 5.92 Å². The van der Waals surface area contributed by atoms with Crippen LogP contribution in [-0.2, 0) is 17.9 Å². The SMILES string of the molecule is CCNC(=NCc1ccc(COC)cc1)NCCCN1CCC(C)CC1.I. The smallest absolute Gasteiger partial charge is 0.191 e. The van der Waals surface area contributed by atoms with Crippen molar-refractivity contribution in [2.75, 3.05) is 39.8 Å². The maximum atomic E-state index is 5.15. The van der Waals surface area contributed by atoms with E-state index in [1.165, 1.54) is 43.6 Å². The Labute approximate surface area is 182 Å². The summed E-state index contributed by atoms with van der Waals surface area (Å²) in [6.07, 6.45) is 3.85. The van der Waals surface area contributed by atoms with E-state index in [1.54, 1.807) is 7.11 Å². The number of hydrogen-bond donors (Lipinski definition) is 2. The Bertz CT molecular complexity index is 527. The highest BCUT2D eigenvalue weighted by Crippen LogP contribution is 2.15. The molecule has 1 fully saturated rings. The van der Waals surface area contributed by atoms with Gasteiger partial charge in [-0.15, -0.1) is 24.0 Å². The minimum Gasteiger partial charge on any atom is -0.380 e. The lowest BCUT2D eigenvalue weighted by Gasteiger charge is -2.30. The molecule has 27 heavy (non-hydrogen) atoms. The van der Waals surface area contributed by atoms with E-state index < -0.39 is 0 Å². The van der Waals surface area contributed by atoms with E-state index in [0.29, 0.717) is 13.2 Å². The second-order valence-corrected chi connectivity index (χ2v) is 7.25. The predicted molar refractivity (Wildman–Crippen MR) is 125 cm³/mol. The van der Waals surface area contributed by atoms with Gasteiger partial charge in [0.2, 0.25) is 0 Å². The van der Waals surface area contributed by atoms with Crippen LogP contribution in [0.3, 0.4) is 0 Å². The molecule has 0 radical (unpaired) electrons. The first-order chi connectivity index (χ1) is 12.7. The standard InChI is InChI=1S/C21H36N4O.HI/c1-4-22-21(23-12-5-13-25-14-10-18(2)11-15-25)24-16-19-6-8-20(9-7-19)17-26-3;/h6-9,18H,4-5,10-17H2,1-3H3,(H2,22,23,24);1H. The van der Waals surface area contributed by atoms with Gasteiger partial charge >= 0.3 is 0 Å². The molecule has 5 nitrogen and oxygen atoms in total. The molecule has 0 saturated carbocycles. The molecule has 2 N–H and O–H groups in total. The predicted octanol–water partition coefficient (Wildman–Crippen LogP) is 3.63. The van der Waals surface area contributed by atoms with Crippen LogP contribution >= 0.6 is 24.0 Å². The number of benzene rings is 1. The highest BCUT2D eigenvalue weighted by molar-refractivity contribution is 14.0. The molecule has 0 bridgehead atoms. The second-order valence-electron chi connectivity index (χ2n) is 7.25. The van der Waals surface area contributed by atoms with Gasteiger partial charge in [0.05, 0.1) is 13.2 Å². The average Bonchev–Trinajstić information content (AvgIpc) is 2.66. The maximum absolute atomic E-state index is 5.15. The molecule has 2 rings (SSSR count). The lowest BCUT2D eigenvalue weighted by Crippen LogP contribution is -2.39. The second kappa shape index (κ2) is 14.2. The number of rotatable bonds is 9. The number of ether oxygens (including phenoxy) is 1. The van der Waals surface area contributed by atoms with Gasteiger partial charge in [-0.2, -0.15) is 0 Å². The Morgan fingerprint density at radius 3 is 2.44 bits per heavy atom. The molecule has 0 amide bonds. The average molecular weight is 488 g/mol. The molecule has 0 atom stereocenters. The van der Waals surface area contributed by atoms with Crippen molar-refractivity contribution in [2.45, 2.75) is 46.3 Å². The summed E-state index contributed by atoms with van der Waals surface area (Å²) in [5.41, 5.74) is 2.40. The molecule has 0 aliphatic carbocycles. The fourth-order valence-electron chi connectivity index (χ4n) is 3.21. The number of nitrogens with zero attached hydrogens (tertiary/aromatic N) is 2. The van der Waals surface area contributed by atoms with E-state index in [2.05, 4.69) is 53.6 Å². The molecule has 1 aliphatic heterocycles. The Hall–Kier alpha value is -0.860. The Balaban J connectivity index is 0.00000364. The summed E-state index contributed by atoms with van der Waals surface area (Å²) in [6.45, 7) is 11.3. The third kappa shape index (κ3) is 9.76. The summed E-state index contributed by atoms with van der Waals surface area (Å²) in [6, 6.07) is 8.46. The number of piperidine rings is 1. The van der Waals surface area contributed by atoms with Crippen molar-refractivity contribution < 1.29 is 4.74 Å². The van der Waals surface area contributed by atoms with Crippen molar-refractivity contribution in [3.05, 3.63) is 35.4 Å². The molecule has 0 spiro atoms. The fraction of sp³-hybridized carbons (Fsp3) is 0.667. The minimum atomic E-state index is 0. The van der Waals surface area contributed by atoms with Crippen molar-refractivity contribution in [1.29, 1.82) is 0 Å². The zero-order chi connectivity index (χ0) is 18.6. The fourth-order valence-corrected chi connectivity index (χ4v) is 3.21. The van der Waals surface area contributed by atoms with E-state index in [-0.39, 0.29) is 24.0 Å². The minimum absolute atomic E-state index is 0.